The molecule has 2 N–H and O–H groups in total. The second-order valence-corrected chi connectivity index (χ2v) is 5.79. The molecule has 0 radical (unpaired) electrons. The number of carbonyl (C=O) groups is 1. The summed E-state index contributed by atoms with van der Waals surface area (Å²) in [6.45, 7) is 0.977. The maximum Gasteiger partial charge on any atom is 0.410 e. The van der Waals surface area contributed by atoms with Crippen LogP contribution in [-0.2, 0) is 11.3 Å². The summed E-state index contributed by atoms with van der Waals surface area (Å²) < 4.78 is 5.41. The summed E-state index contributed by atoms with van der Waals surface area (Å²) in [5.74, 6) is 0. The van der Waals surface area contributed by atoms with E-state index in [0.29, 0.717) is 13.2 Å². The second kappa shape index (κ2) is 8.76. The minimum Gasteiger partial charge on any atom is -0.445 e. The van der Waals surface area contributed by atoms with Crippen molar-refractivity contribution in [3.63, 3.8) is 0 Å². The number of benzene rings is 1. The number of nitrogens with zero attached hydrogens (tertiary/aromatic N) is 1. The van der Waals surface area contributed by atoms with Gasteiger partial charge in [0, 0.05) is 19.6 Å². The summed E-state index contributed by atoms with van der Waals surface area (Å²) in [4.78, 5) is 14.0. The van der Waals surface area contributed by atoms with Crippen molar-refractivity contribution in [3.05, 3.63) is 35.9 Å². The molecule has 0 bridgehead atoms. The molecule has 0 heterocycles. The maximum atomic E-state index is 12.3. The third-order valence-corrected chi connectivity index (χ3v) is 4.24. The van der Waals surface area contributed by atoms with Crippen LogP contribution in [0.2, 0.25) is 0 Å². The van der Waals surface area contributed by atoms with Crippen molar-refractivity contribution in [1.82, 2.24) is 10.2 Å². The minimum absolute atomic E-state index is 0.116. The minimum atomic E-state index is -0.286. The summed E-state index contributed by atoms with van der Waals surface area (Å²) >= 11 is 0. The number of hydrogen-bond donors (Lipinski definition) is 2. The van der Waals surface area contributed by atoms with Gasteiger partial charge in [0.15, 0.2) is 0 Å². The van der Waals surface area contributed by atoms with Crippen LogP contribution in [0, 0.1) is 0 Å². The molecule has 0 aliphatic heterocycles. The Bertz CT molecular complexity index is 452. The Balaban J connectivity index is 1.87. The molecule has 2 rings (SSSR count). The number of ether oxygens (including phenoxy) is 1. The molecular formula is C17H26N2O3. The van der Waals surface area contributed by atoms with E-state index in [1.165, 1.54) is 0 Å². The highest BCUT2D eigenvalue weighted by Gasteiger charge is 2.31. The van der Waals surface area contributed by atoms with E-state index in [0.717, 1.165) is 31.2 Å². The largest absolute Gasteiger partial charge is 0.445 e. The Kier molecular flexibility index (Phi) is 6.68. The molecule has 0 spiro atoms. The molecule has 0 aromatic heterocycles. The fourth-order valence-electron chi connectivity index (χ4n) is 3.02. The lowest BCUT2D eigenvalue weighted by atomic mass is 9.89. The van der Waals surface area contributed by atoms with E-state index in [4.69, 9.17) is 9.84 Å². The van der Waals surface area contributed by atoms with Crippen LogP contribution in [0.1, 0.15) is 31.2 Å². The van der Waals surface area contributed by atoms with Gasteiger partial charge in [-0.15, -0.1) is 0 Å². The van der Waals surface area contributed by atoms with Crippen molar-refractivity contribution in [2.24, 2.45) is 0 Å². The Labute approximate surface area is 132 Å². The molecule has 22 heavy (non-hydrogen) atoms. The maximum absolute atomic E-state index is 12.3. The summed E-state index contributed by atoms with van der Waals surface area (Å²) in [5, 5.41) is 12.3. The predicted molar refractivity (Wildman–Crippen MR) is 85.5 cm³/mol. The topological polar surface area (TPSA) is 61.8 Å². The number of amides is 1. The SMILES string of the molecule is CN(C(=O)OCc1ccccc1)[C@@H]1CCCC[C@@H]1NCCO. The Morgan fingerprint density at radius 3 is 2.77 bits per heavy atom. The zero-order chi connectivity index (χ0) is 15.8. The first-order valence-corrected chi connectivity index (χ1v) is 8.00. The Morgan fingerprint density at radius 1 is 1.32 bits per heavy atom. The molecule has 1 aliphatic carbocycles. The van der Waals surface area contributed by atoms with Crippen molar-refractivity contribution in [1.29, 1.82) is 0 Å². The highest BCUT2D eigenvalue weighted by atomic mass is 16.6. The van der Waals surface area contributed by atoms with Crippen molar-refractivity contribution in [2.75, 3.05) is 20.2 Å². The van der Waals surface area contributed by atoms with Crippen LogP contribution in [0.3, 0.4) is 0 Å². The number of aliphatic hydroxyl groups excluding tert-OH is 1. The number of likely N-dealkylation sites (N-methyl/N-ethyl adjacent to an activating group) is 1. The molecular weight excluding hydrogens is 280 g/mol. The number of rotatable bonds is 6. The van der Waals surface area contributed by atoms with Gasteiger partial charge in [-0.05, 0) is 18.4 Å². The van der Waals surface area contributed by atoms with Gasteiger partial charge in [0.05, 0.1) is 12.6 Å². The normalized spacial score (nSPS) is 21.4. The molecule has 1 saturated carbocycles. The summed E-state index contributed by atoms with van der Waals surface area (Å²) in [7, 11) is 1.80. The lowest BCUT2D eigenvalue weighted by Gasteiger charge is -2.37. The second-order valence-electron chi connectivity index (χ2n) is 5.79. The zero-order valence-electron chi connectivity index (χ0n) is 13.2. The molecule has 122 valence electrons. The number of aliphatic hydroxyl groups is 1. The van der Waals surface area contributed by atoms with Gasteiger partial charge in [0.1, 0.15) is 6.61 Å². The van der Waals surface area contributed by atoms with E-state index in [2.05, 4.69) is 5.32 Å². The van der Waals surface area contributed by atoms with E-state index in [1.54, 1.807) is 11.9 Å². The van der Waals surface area contributed by atoms with E-state index in [1.807, 2.05) is 30.3 Å². The lowest BCUT2D eigenvalue weighted by Crippen LogP contribution is -2.52. The average Bonchev–Trinajstić information content (AvgIpc) is 2.58. The van der Waals surface area contributed by atoms with Gasteiger partial charge in [-0.3, -0.25) is 0 Å². The standard InChI is InChI=1S/C17H26N2O3/c1-19(16-10-6-5-9-15(16)18-11-12-20)17(21)22-13-14-7-3-2-4-8-14/h2-4,7-8,15-16,18,20H,5-6,9-13H2,1H3/t15-,16+/m0/s1. The van der Waals surface area contributed by atoms with Gasteiger partial charge < -0.3 is 20.1 Å². The van der Waals surface area contributed by atoms with Crippen molar-refractivity contribution >= 4 is 6.09 Å². The van der Waals surface area contributed by atoms with E-state index < -0.39 is 0 Å². The Hall–Kier alpha value is -1.59. The predicted octanol–water partition coefficient (Wildman–Crippen LogP) is 2.15. The number of hydrogen-bond acceptors (Lipinski definition) is 4. The van der Waals surface area contributed by atoms with Gasteiger partial charge in [0.25, 0.3) is 0 Å². The fourth-order valence-corrected chi connectivity index (χ4v) is 3.02. The van der Waals surface area contributed by atoms with Crippen molar-refractivity contribution < 1.29 is 14.6 Å². The van der Waals surface area contributed by atoms with Crippen LogP contribution in [0.15, 0.2) is 30.3 Å². The third kappa shape index (κ3) is 4.71. The van der Waals surface area contributed by atoms with E-state index in [-0.39, 0.29) is 24.8 Å². The first-order chi connectivity index (χ1) is 10.7. The lowest BCUT2D eigenvalue weighted by molar-refractivity contribution is 0.0736. The molecule has 5 heteroatoms. The molecule has 1 fully saturated rings. The summed E-state index contributed by atoms with van der Waals surface area (Å²) in [5.41, 5.74) is 0.989. The van der Waals surface area contributed by atoms with Crippen LogP contribution >= 0.6 is 0 Å². The van der Waals surface area contributed by atoms with Crippen LogP contribution in [-0.4, -0.2) is 48.4 Å². The number of nitrogens with one attached hydrogen (secondary N) is 1. The average molecular weight is 306 g/mol. The fraction of sp³-hybridized carbons (Fsp3) is 0.588. The zero-order valence-corrected chi connectivity index (χ0v) is 13.2. The highest BCUT2D eigenvalue weighted by molar-refractivity contribution is 5.67. The first kappa shape index (κ1) is 16.8. The quantitative estimate of drug-likeness (QED) is 0.845. The van der Waals surface area contributed by atoms with Crippen LogP contribution < -0.4 is 5.32 Å². The monoisotopic (exact) mass is 306 g/mol. The molecule has 0 unspecified atom stereocenters. The first-order valence-electron chi connectivity index (χ1n) is 8.00. The van der Waals surface area contributed by atoms with Crippen molar-refractivity contribution in [3.8, 4) is 0 Å². The van der Waals surface area contributed by atoms with Crippen LogP contribution in [0.25, 0.3) is 0 Å². The Morgan fingerprint density at radius 2 is 2.05 bits per heavy atom. The smallest absolute Gasteiger partial charge is 0.410 e. The summed E-state index contributed by atoms with van der Waals surface area (Å²) in [6, 6.07) is 10.1. The molecule has 0 saturated heterocycles. The van der Waals surface area contributed by atoms with E-state index in [9.17, 15) is 4.79 Å². The molecule has 1 aliphatic rings. The van der Waals surface area contributed by atoms with Gasteiger partial charge in [0.2, 0.25) is 0 Å². The van der Waals surface area contributed by atoms with Gasteiger partial charge in [-0.1, -0.05) is 43.2 Å². The molecule has 1 amide bonds. The van der Waals surface area contributed by atoms with Crippen LogP contribution in [0.5, 0.6) is 0 Å². The molecule has 1 aromatic rings. The molecule has 5 nitrogen and oxygen atoms in total. The summed E-state index contributed by atoms with van der Waals surface area (Å²) in [6.07, 6.45) is 4.00. The van der Waals surface area contributed by atoms with Gasteiger partial charge in [-0.25, -0.2) is 4.79 Å². The highest BCUT2D eigenvalue weighted by Crippen LogP contribution is 2.23. The van der Waals surface area contributed by atoms with Gasteiger partial charge in [-0.2, -0.15) is 0 Å². The third-order valence-electron chi connectivity index (χ3n) is 4.24. The molecule has 1 aromatic carbocycles. The van der Waals surface area contributed by atoms with Crippen molar-refractivity contribution in [2.45, 2.75) is 44.4 Å². The molecule has 2 atom stereocenters. The van der Waals surface area contributed by atoms with Gasteiger partial charge >= 0.3 is 6.09 Å². The number of carbonyl (C=O) groups excluding carboxylic acids is 1. The van der Waals surface area contributed by atoms with E-state index >= 15 is 0 Å². The van der Waals surface area contributed by atoms with Crippen LogP contribution in [0.4, 0.5) is 4.79 Å².